The number of hydrogen-bond acceptors (Lipinski definition) is 4. The van der Waals surface area contributed by atoms with Crippen LogP contribution in [-0.4, -0.2) is 28.2 Å². The van der Waals surface area contributed by atoms with Gasteiger partial charge in [0.05, 0.1) is 5.52 Å². The molecule has 2 aromatic heterocycles. The minimum Gasteiger partial charge on any atom is -0.373 e. The Morgan fingerprint density at radius 2 is 1.86 bits per heavy atom. The van der Waals surface area contributed by atoms with Gasteiger partial charge in [0.25, 0.3) is 0 Å². The number of allylic oxidation sites excluding steroid dienone is 4. The summed E-state index contributed by atoms with van der Waals surface area (Å²) in [6.45, 7) is 0. The lowest BCUT2D eigenvalue weighted by molar-refractivity contribution is -0.0939. The summed E-state index contributed by atoms with van der Waals surface area (Å²) >= 11 is 0. The van der Waals surface area contributed by atoms with E-state index in [2.05, 4.69) is 20.3 Å². The third-order valence-electron chi connectivity index (χ3n) is 4.74. The van der Waals surface area contributed by atoms with E-state index in [1.54, 1.807) is 25.5 Å². The van der Waals surface area contributed by atoms with E-state index in [0.717, 1.165) is 27.6 Å². The highest BCUT2D eigenvalue weighted by Gasteiger charge is 2.33. The van der Waals surface area contributed by atoms with Gasteiger partial charge in [0, 0.05) is 36.0 Å². The Labute approximate surface area is 159 Å². The Hall–Kier alpha value is -3.22. The molecule has 0 unspecified atom stereocenters. The molecule has 0 amide bonds. The van der Waals surface area contributed by atoms with Crippen LogP contribution in [0.3, 0.4) is 0 Å². The highest BCUT2D eigenvalue weighted by molar-refractivity contribution is 5.93. The van der Waals surface area contributed by atoms with Crippen LogP contribution in [-0.2, 0) is 0 Å². The van der Waals surface area contributed by atoms with E-state index in [1.807, 2.05) is 30.3 Å². The second-order valence-corrected chi connectivity index (χ2v) is 6.50. The molecule has 1 N–H and O–H groups in total. The lowest BCUT2D eigenvalue weighted by Crippen LogP contribution is -2.13. The van der Waals surface area contributed by atoms with Crippen LogP contribution in [0.25, 0.3) is 27.9 Å². The number of nitrogens with one attached hydrogen (secondary N) is 1. The van der Waals surface area contributed by atoms with Crippen molar-refractivity contribution in [2.75, 3.05) is 12.4 Å². The van der Waals surface area contributed by atoms with Gasteiger partial charge in [-0.2, -0.15) is 13.2 Å². The highest BCUT2D eigenvalue weighted by Crippen LogP contribution is 2.36. The van der Waals surface area contributed by atoms with E-state index in [0.29, 0.717) is 18.1 Å². The maximum absolute atomic E-state index is 12.8. The Kier molecular flexibility index (Phi) is 4.58. The molecule has 0 atom stereocenters. The number of alkyl halides is 3. The molecule has 142 valence electrons. The van der Waals surface area contributed by atoms with Crippen molar-refractivity contribution < 1.29 is 13.2 Å². The molecule has 7 heteroatoms. The number of anilines is 1. The van der Waals surface area contributed by atoms with Gasteiger partial charge in [0.2, 0.25) is 0 Å². The maximum Gasteiger partial charge on any atom is 0.412 e. The van der Waals surface area contributed by atoms with Crippen molar-refractivity contribution >= 4 is 22.3 Å². The summed E-state index contributed by atoms with van der Waals surface area (Å²) in [6, 6.07) is 9.39. The number of rotatable bonds is 3. The predicted octanol–water partition coefficient (Wildman–Crippen LogP) is 5.40. The molecule has 1 aliphatic rings. The van der Waals surface area contributed by atoms with Crippen LogP contribution in [0, 0.1) is 0 Å². The van der Waals surface area contributed by atoms with Crippen molar-refractivity contribution in [3.05, 3.63) is 66.0 Å². The van der Waals surface area contributed by atoms with Crippen LogP contribution in [0.1, 0.15) is 18.4 Å². The van der Waals surface area contributed by atoms with Crippen molar-refractivity contribution in [1.82, 2.24) is 15.0 Å². The zero-order valence-corrected chi connectivity index (χ0v) is 15.1. The summed E-state index contributed by atoms with van der Waals surface area (Å²) in [4.78, 5) is 13.3. The van der Waals surface area contributed by atoms with Gasteiger partial charge in [-0.25, -0.2) is 9.97 Å². The molecule has 0 saturated heterocycles. The van der Waals surface area contributed by atoms with E-state index in [-0.39, 0.29) is 6.42 Å². The van der Waals surface area contributed by atoms with Crippen LogP contribution in [0.2, 0.25) is 0 Å². The van der Waals surface area contributed by atoms with Gasteiger partial charge in [-0.1, -0.05) is 18.2 Å². The predicted molar refractivity (Wildman–Crippen MR) is 104 cm³/mol. The fourth-order valence-corrected chi connectivity index (χ4v) is 3.26. The minimum absolute atomic E-state index is 0.0112. The first kappa shape index (κ1) is 18.2. The fourth-order valence-electron chi connectivity index (χ4n) is 3.26. The second-order valence-electron chi connectivity index (χ2n) is 6.50. The van der Waals surface area contributed by atoms with Crippen LogP contribution >= 0.6 is 0 Å². The van der Waals surface area contributed by atoms with Crippen LogP contribution < -0.4 is 5.32 Å². The molecule has 4 rings (SSSR count). The smallest absolute Gasteiger partial charge is 0.373 e. The Morgan fingerprint density at radius 3 is 2.50 bits per heavy atom. The Bertz CT molecular complexity index is 1090. The number of hydrogen-bond donors (Lipinski definition) is 1. The topological polar surface area (TPSA) is 50.7 Å². The summed E-state index contributed by atoms with van der Waals surface area (Å²) in [5, 5.41) is 3.90. The second kappa shape index (κ2) is 7.07. The van der Waals surface area contributed by atoms with Gasteiger partial charge in [0.15, 0.2) is 5.82 Å². The summed E-state index contributed by atoms with van der Waals surface area (Å²) in [7, 11) is 1.78. The molecule has 3 aromatic rings. The summed E-state index contributed by atoms with van der Waals surface area (Å²) in [5.41, 5.74) is 2.82. The van der Waals surface area contributed by atoms with Crippen LogP contribution in [0.5, 0.6) is 0 Å². The van der Waals surface area contributed by atoms with E-state index < -0.39 is 11.7 Å². The molecule has 0 fully saturated rings. The van der Waals surface area contributed by atoms with Crippen molar-refractivity contribution in [1.29, 1.82) is 0 Å². The van der Waals surface area contributed by atoms with E-state index in [9.17, 15) is 13.2 Å². The molecular weight excluding hydrogens is 365 g/mol. The number of fused-ring (bicyclic) bond motifs is 1. The molecule has 0 saturated carbocycles. The van der Waals surface area contributed by atoms with E-state index in [4.69, 9.17) is 0 Å². The molecular formula is C21H17F3N4. The van der Waals surface area contributed by atoms with E-state index in [1.165, 1.54) is 6.08 Å². The molecule has 0 aliphatic heterocycles. The molecule has 1 aromatic carbocycles. The molecule has 0 radical (unpaired) electrons. The minimum atomic E-state index is -4.26. The first-order valence-corrected chi connectivity index (χ1v) is 8.83. The average molecular weight is 382 g/mol. The Balaban J connectivity index is 1.76. The van der Waals surface area contributed by atoms with Crippen molar-refractivity contribution in [3.63, 3.8) is 0 Å². The summed E-state index contributed by atoms with van der Waals surface area (Å²) in [6.07, 6.45) is 2.18. The zero-order valence-electron chi connectivity index (χ0n) is 15.1. The molecule has 2 heterocycles. The molecule has 0 spiro atoms. The van der Waals surface area contributed by atoms with Gasteiger partial charge in [-0.15, -0.1) is 0 Å². The lowest BCUT2D eigenvalue weighted by atomic mass is 9.92. The molecule has 0 bridgehead atoms. The van der Waals surface area contributed by atoms with E-state index >= 15 is 0 Å². The molecule has 28 heavy (non-hydrogen) atoms. The summed E-state index contributed by atoms with van der Waals surface area (Å²) in [5.74, 6) is 1.22. The van der Waals surface area contributed by atoms with Crippen molar-refractivity contribution in [2.24, 2.45) is 0 Å². The quantitative estimate of drug-likeness (QED) is 0.659. The number of pyridine rings is 1. The van der Waals surface area contributed by atoms with Gasteiger partial charge < -0.3 is 5.32 Å². The third-order valence-corrected chi connectivity index (χ3v) is 4.74. The largest absolute Gasteiger partial charge is 0.412 e. The monoisotopic (exact) mass is 382 g/mol. The van der Waals surface area contributed by atoms with Crippen LogP contribution in [0.15, 0.2) is 60.5 Å². The number of halogens is 3. The average Bonchev–Trinajstić information content (AvgIpc) is 2.72. The lowest BCUT2D eigenvalue weighted by Gasteiger charge is -2.17. The standard InChI is InChI=1S/C21H17F3N4/c1-25-20-17-11-14(13-4-7-16(8-5-13)21(22,23)24)6-9-18(17)27-19(28-20)15-3-2-10-26-12-15/h2-4,6-7,9-12H,5,8H2,1H3,(H,25,27,28). The highest BCUT2D eigenvalue weighted by atomic mass is 19.4. The first-order chi connectivity index (χ1) is 13.5. The van der Waals surface area contributed by atoms with Crippen molar-refractivity contribution in [2.45, 2.75) is 19.0 Å². The van der Waals surface area contributed by atoms with Crippen LogP contribution in [0.4, 0.5) is 19.0 Å². The van der Waals surface area contributed by atoms with Gasteiger partial charge in [-0.05, 0) is 48.2 Å². The third kappa shape index (κ3) is 3.47. The van der Waals surface area contributed by atoms with Gasteiger partial charge in [-0.3, -0.25) is 4.98 Å². The SMILES string of the molecule is CNc1nc(-c2cccnc2)nc2ccc(C3=CC=C(C(F)(F)F)CC3)cc12. The number of benzene rings is 1. The maximum atomic E-state index is 12.8. The molecule has 1 aliphatic carbocycles. The first-order valence-electron chi connectivity index (χ1n) is 8.83. The van der Waals surface area contributed by atoms with Crippen molar-refractivity contribution in [3.8, 4) is 11.4 Å². The Morgan fingerprint density at radius 1 is 1.00 bits per heavy atom. The zero-order chi connectivity index (χ0) is 19.7. The number of nitrogens with zero attached hydrogens (tertiary/aromatic N) is 3. The molecule has 4 nitrogen and oxygen atoms in total. The fraction of sp³-hybridized carbons (Fsp3) is 0.190. The van der Waals surface area contributed by atoms with Gasteiger partial charge in [0.1, 0.15) is 5.82 Å². The number of aromatic nitrogens is 3. The summed E-state index contributed by atoms with van der Waals surface area (Å²) < 4.78 is 38.5. The van der Waals surface area contributed by atoms with Gasteiger partial charge >= 0.3 is 6.18 Å². The normalized spacial score (nSPS) is 14.6.